The van der Waals surface area contributed by atoms with Gasteiger partial charge in [-0.2, -0.15) is 4.72 Å². The van der Waals surface area contributed by atoms with Gasteiger partial charge < -0.3 is 30.7 Å². The van der Waals surface area contributed by atoms with Gasteiger partial charge in [-0.1, -0.05) is 6.92 Å². The molecule has 0 saturated heterocycles. The molecule has 0 bridgehead atoms. The van der Waals surface area contributed by atoms with Gasteiger partial charge in [0.2, 0.25) is 0 Å². The summed E-state index contributed by atoms with van der Waals surface area (Å²) in [7, 11) is -8.64. The SMILES string of the molecule is CCc1c(S(=O)(=O)NCP(=O)(O)O)sc2cc(OCCCN)c(OCCCN)cc12. The molecule has 170 valence electrons. The second kappa shape index (κ2) is 10.9. The maximum Gasteiger partial charge on any atom is 0.340 e. The first-order valence-corrected chi connectivity index (χ1v) is 13.5. The number of thiophene rings is 1. The molecule has 1 heterocycles. The van der Waals surface area contributed by atoms with Crippen LogP contribution in [0.15, 0.2) is 16.3 Å². The number of nitrogens with two attached hydrogens (primary N) is 2. The zero-order chi connectivity index (χ0) is 22.4. The molecule has 0 saturated carbocycles. The summed E-state index contributed by atoms with van der Waals surface area (Å²) in [4.78, 5) is 18.0. The van der Waals surface area contributed by atoms with Crippen LogP contribution in [0.2, 0.25) is 0 Å². The summed E-state index contributed by atoms with van der Waals surface area (Å²) in [5.41, 5.74) is 11.6. The summed E-state index contributed by atoms with van der Waals surface area (Å²) in [5, 5.41) is 0.688. The number of sulfonamides is 1. The van der Waals surface area contributed by atoms with Crippen molar-refractivity contribution in [1.29, 1.82) is 0 Å². The highest BCUT2D eigenvalue weighted by molar-refractivity contribution is 7.92. The molecule has 0 atom stereocenters. The van der Waals surface area contributed by atoms with E-state index in [0.717, 1.165) is 11.3 Å². The van der Waals surface area contributed by atoms with E-state index in [-0.39, 0.29) is 4.21 Å². The minimum Gasteiger partial charge on any atom is -0.490 e. The van der Waals surface area contributed by atoms with E-state index < -0.39 is 23.9 Å². The highest BCUT2D eigenvalue weighted by atomic mass is 32.2. The van der Waals surface area contributed by atoms with Crippen LogP contribution >= 0.6 is 18.9 Å². The Morgan fingerprint density at radius 1 is 1.10 bits per heavy atom. The number of hydrogen-bond donors (Lipinski definition) is 5. The molecule has 0 fully saturated rings. The molecule has 0 aliphatic rings. The zero-order valence-electron chi connectivity index (χ0n) is 16.7. The molecule has 7 N–H and O–H groups in total. The smallest absolute Gasteiger partial charge is 0.340 e. The molecule has 0 amide bonds. The van der Waals surface area contributed by atoms with Gasteiger partial charge in [0.25, 0.3) is 10.0 Å². The molecule has 30 heavy (non-hydrogen) atoms. The van der Waals surface area contributed by atoms with Gasteiger partial charge in [0.1, 0.15) is 10.5 Å². The highest BCUT2D eigenvalue weighted by Gasteiger charge is 2.27. The first kappa shape index (κ1) is 25.0. The standard InChI is InChI=1S/C17H28N3O7PS2/c1-2-12-13-9-14(26-7-3-5-18)15(27-8-4-6-19)10-16(13)29-17(12)30(24,25)20-11-28(21,22)23/h9-10,20H,2-8,11,18-19H2,1H3,(H2,21,22,23). The summed E-state index contributed by atoms with van der Waals surface area (Å²) in [6, 6.07) is 3.45. The number of ether oxygens (including phenoxy) is 2. The van der Waals surface area contributed by atoms with E-state index in [4.69, 9.17) is 30.7 Å². The van der Waals surface area contributed by atoms with Crippen molar-refractivity contribution in [2.75, 3.05) is 32.6 Å². The Morgan fingerprint density at radius 2 is 1.67 bits per heavy atom. The van der Waals surface area contributed by atoms with E-state index in [9.17, 15) is 13.0 Å². The van der Waals surface area contributed by atoms with Crippen LogP contribution in [0.5, 0.6) is 11.5 Å². The van der Waals surface area contributed by atoms with Crippen LogP contribution in [0.3, 0.4) is 0 Å². The number of rotatable bonds is 13. The Morgan fingerprint density at radius 3 is 2.17 bits per heavy atom. The minimum absolute atomic E-state index is 0.0143. The first-order chi connectivity index (χ1) is 14.1. The molecular weight excluding hydrogens is 453 g/mol. The summed E-state index contributed by atoms with van der Waals surface area (Å²) < 4.78 is 50.7. The lowest BCUT2D eigenvalue weighted by atomic mass is 10.1. The van der Waals surface area contributed by atoms with Gasteiger partial charge in [-0.15, -0.1) is 11.3 Å². The van der Waals surface area contributed by atoms with Crippen molar-refractivity contribution < 1.29 is 32.2 Å². The second-order valence-corrected chi connectivity index (χ2v) is 11.1. The van der Waals surface area contributed by atoms with Crippen LogP contribution in [-0.2, 0) is 21.0 Å². The summed E-state index contributed by atoms with van der Waals surface area (Å²) in [6.07, 6.45) is 0.739. The van der Waals surface area contributed by atoms with Crippen molar-refractivity contribution >= 4 is 39.0 Å². The molecule has 0 aliphatic heterocycles. The van der Waals surface area contributed by atoms with E-state index in [1.54, 1.807) is 12.1 Å². The molecule has 0 unspecified atom stereocenters. The first-order valence-electron chi connectivity index (χ1n) is 9.42. The van der Waals surface area contributed by atoms with Crippen LogP contribution in [0.4, 0.5) is 0 Å². The Bertz CT molecular complexity index is 1000. The lowest BCUT2D eigenvalue weighted by Gasteiger charge is -2.13. The Hall–Kier alpha value is -1.24. The van der Waals surface area contributed by atoms with Gasteiger partial charge in [0.15, 0.2) is 11.5 Å². The van der Waals surface area contributed by atoms with E-state index in [1.165, 1.54) is 0 Å². The molecule has 1 aromatic carbocycles. The quantitative estimate of drug-likeness (QED) is 0.209. The van der Waals surface area contributed by atoms with Crippen LogP contribution < -0.4 is 25.7 Å². The van der Waals surface area contributed by atoms with Crippen LogP contribution in [-0.4, -0.2) is 50.8 Å². The van der Waals surface area contributed by atoms with Gasteiger partial charge in [-0.05, 0) is 44.0 Å². The van der Waals surface area contributed by atoms with Crippen molar-refractivity contribution in [2.24, 2.45) is 11.5 Å². The molecule has 2 rings (SSSR count). The molecule has 10 nitrogen and oxygen atoms in total. The third-order valence-electron chi connectivity index (χ3n) is 4.09. The van der Waals surface area contributed by atoms with Gasteiger partial charge in [-0.25, -0.2) is 8.42 Å². The van der Waals surface area contributed by atoms with Crippen molar-refractivity contribution in [2.45, 2.75) is 30.4 Å². The third kappa shape index (κ3) is 6.63. The summed E-state index contributed by atoms with van der Waals surface area (Å²) in [5.74, 6) is 0.955. The van der Waals surface area contributed by atoms with E-state index in [1.807, 2.05) is 11.6 Å². The van der Waals surface area contributed by atoms with Crippen molar-refractivity contribution in [3.63, 3.8) is 0 Å². The van der Waals surface area contributed by atoms with Gasteiger partial charge in [-0.3, -0.25) is 4.57 Å². The normalized spacial score (nSPS) is 12.4. The van der Waals surface area contributed by atoms with Gasteiger partial charge >= 0.3 is 7.60 Å². The maximum absolute atomic E-state index is 12.7. The summed E-state index contributed by atoms with van der Waals surface area (Å²) >= 11 is 1.01. The third-order valence-corrected chi connectivity index (χ3v) is 8.03. The number of aryl methyl sites for hydroxylation is 1. The van der Waals surface area contributed by atoms with Crippen molar-refractivity contribution in [3.05, 3.63) is 17.7 Å². The molecule has 1 aromatic heterocycles. The lowest BCUT2D eigenvalue weighted by molar-refractivity contribution is 0.266. The molecule has 13 heteroatoms. The highest BCUT2D eigenvalue weighted by Crippen LogP contribution is 2.42. The fourth-order valence-corrected chi connectivity index (χ4v) is 6.66. The summed E-state index contributed by atoms with van der Waals surface area (Å²) in [6.45, 7) is 3.52. The van der Waals surface area contributed by atoms with Crippen LogP contribution in [0.25, 0.3) is 10.1 Å². The topological polar surface area (TPSA) is 174 Å². The minimum atomic E-state index is -4.53. The van der Waals surface area contributed by atoms with E-state index in [0.29, 0.717) is 72.7 Å². The fraction of sp³-hybridized carbons (Fsp3) is 0.529. The van der Waals surface area contributed by atoms with Crippen molar-refractivity contribution in [3.8, 4) is 11.5 Å². The Balaban J connectivity index is 2.50. The molecule has 0 aliphatic carbocycles. The number of benzene rings is 1. The number of hydrogen-bond acceptors (Lipinski definition) is 8. The lowest BCUT2D eigenvalue weighted by Crippen LogP contribution is -2.24. The number of fused-ring (bicyclic) bond motifs is 1. The van der Waals surface area contributed by atoms with Crippen LogP contribution in [0.1, 0.15) is 25.3 Å². The van der Waals surface area contributed by atoms with Gasteiger partial charge in [0.05, 0.1) is 13.2 Å². The molecule has 2 aromatic rings. The largest absolute Gasteiger partial charge is 0.490 e. The Kier molecular flexibility index (Phi) is 9.07. The maximum atomic E-state index is 12.7. The zero-order valence-corrected chi connectivity index (χ0v) is 19.2. The van der Waals surface area contributed by atoms with Crippen LogP contribution in [0, 0.1) is 0 Å². The predicted molar refractivity (Wildman–Crippen MR) is 117 cm³/mol. The average molecular weight is 482 g/mol. The number of nitrogens with one attached hydrogen (secondary N) is 1. The predicted octanol–water partition coefficient (Wildman–Crippen LogP) is 1.33. The monoisotopic (exact) mass is 481 g/mol. The molecule has 0 radical (unpaired) electrons. The molecule has 0 spiro atoms. The van der Waals surface area contributed by atoms with Crippen molar-refractivity contribution in [1.82, 2.24) is 4.72 Å². The van der Waals surface area contributed by atoms with E-state index >= 15 is 0 Å². The van der Waals surface area contributed by atoms with E-state index in [2.05, 4.69) is 0 Å². The Labute approximate surface area is 179 Å². The second-order valence-electron chi connectivity index (χ2n) is 6.47. The average Bonchev–Trinajstić information content (AvgIpc) is 3.04. The van der Waals surface area contributed by atoms with Gasteiger partial charge in [0, 0.05) is 16.2 Å². The fourth-order valence-electron chi connectivity index (χ4n) is 2.68. The molecular formula is C17H28N3O7PS2.